The van der Waals surface area contributed by atoms with Crippen molar-refractivity contribution in [2.75, 3.05) is 7.05 Å². The second-order valence-corrected chi connectivity index (χ2v) is 12.3. The molecule has 0 aliphatic carbocycles. The Labute approximate surface area is 253 Å². The van der Waals surface area contributed by atoms with E-state index >= 15 is 0 Å². The third-order valence-electron chi connectivity index (χ3n) is 7.67. The lowest BCUT2D eigenvalue weighted by Gasteiger charge is -2.35. The van der Waals surface area contributed by atoms with Crippen LogP contribution in [0.5, 0.6) is 0 Å². The van der Waals surface area contributed by atoms with E-state index in [-0.39, 0.29) is 42.3 Å². The van der Waals surface area contributed by atoms with Gasteiger partial charge in [-0.15, -0.1) is 11.3 Å². The summed E-state index contributed by atoms with van der Waals surface area (Å²) in [6.07, 6.45) is 0.997. The van der Waals surface area contributed by atoms with E-state index < -0.39 is 42.0 Å². The molecule has 0 saturated heterocycles. The quantitative estimate of drug-likeness (QED) is 0.239. The molecule has 0 fully saturated rings. The number of rotatable bonds is 16. The standard InChI is InChI=1S/C31H46N4O6S/c1-8-19(4)27(32)30(38)35(7)25(18(2)3)16-26(41-21(6)36)29-34-24(17-42-29)28(37)33-23(14-20(5)31(39)40)15-22-12-10-9-11-13-22/h9-13,17-20,23,25-27H,8,14-16,32H2,1-7H3,(H,33,37)(H,39,40)/t19-,20-,23+,25-,26-,27-/m0/s1. The van der Waals surface area contributed by atoms with Crippen LogP contribution in [0.25, 0.3) is 0 Å². The maximum atomic E-state index is 13.3. The number of carboxylic acids is 1. The van der Waals surface area contributed by atoms with Crippen molar-refractivity contribution in [1.82, 2.24) is 15.2 Å². The molecule has 0 bridgehead atoms. The molecule has 1 heterocycles. The number of nitrogens with two attached hydrogens (primary N) is 1. The maximum absolute atomic E-state index is 13.3. The number of nitrogens with zero attached hydrogens (tertiary/aromatic N) is 2. The minimum Gasteiger partial charge on any atom is -0.481 e. The fraction of sp³-hybridized carbons (Fsp3) is 0.581. The predicted molar refractivity (Wildman–Crippen MR) is 163 cm³/mol. The predicted octanol–water partition coefficient (Wildman–Crippen LogP) is 4.45. The zero-order valence-corrected chi connectivity index (χ0v) is 26.5. The first-order chi connectivity index (χ1) is 19.7. The van der Waals surface area contributed by atoms with Crippen molar-refractivity contribution in [2.24, 2.45) is 23.5 Å². The highest BCUT2D eigenvalue weighted by molar-refractivity contribution is 7.09. The van der Waals surface area contributed by atoms with E-state index in [9.17, 15) is 24.3 Å². The number of benzene rings is 1. The number of aliphatic carboxylic acids is 1. The molecule has 10 nitrogen and oxygen atoms in total. The number of nitrogens with one attached hydrogen (secondary N) is 1. The number of aromatic nitrogens is 1. The Morgan fingerprint density at radius 2 is 1.74 bits per heavy atom. The van der Waals surface area contributed by atoms with Gasteiger partial charge in [0.05, 0.1) is 12.0 Å². The van der Waals surface area contributed by atoms with Gasteiger partial charge in [0.15, 0.2) is 6.10 Å². The number of likely N-dealkylation sites (N-methyl/N-ethyl adjacent to an activating group) is 1. The van der Waals surface area contributed by atoms with E-state index in [0.717, 1.165) is 12.0 Å². The lowest BCUT2D eigenvalue weighted by atomic mass is 9.93. The van der Waals surface area contributed by atoms with Crippen LogP contribution in [0.2, 0.25) is 0 Å². The van der Waals surface area contributed by atoms with E-state index in [0.29, 0.717) is 11.4 Å². The molecule has 0 radical (unpaired) electrons. The summed E-state index contributed by atoms with van der Waals surface area (Å²) in [5.74, 6) is -2.66. The molecule has 0 aliphatic heterocycles. The molecule has 11 heteroatoms. The lowest BCUT2D eigenvalue weighted by Crippen LogP contribution is -2.51. The monoisotopic (exact) mass is 602 g/mol. The van der Waals surface area contributed by atoms with Gasteiger partial charge in [-0.05, 0) is 30.2 Å². The fourth-order valence-corrected chi connectivity index (χ4v) is 5.65. The average Bonchev–Trinajstić information content (AvgIpc) is 3.44. The molecule has 1 aromatic heterocycles. The van der Waals surface area contributed by atoms with Crippen molar-refractivity contribution in [2.45, 2.75) is 91.5 Å². The molecule has 2 amide bonds. The molecule has 2 aromatic rings. The van der Waals surface area contributed by atoms with E-state index in [1.54, 1.807) is 24.3 Å². The minimum absolute atomic E-state index is 0.0151. The molecule has 232 valence electrons. The summed E-state index contributed by atoms with van der Waals surface area (Å²) in [7, 11) is 1.71. The third kappa shape index (κ3) is 10.2. The second-order valence-electron chi connectivity index (χ2n) is 11.4. The second kappa shape index (κ2) is 16.4. The molecule has 0 unspecified atom stereocenters. The maximum Gasteiger partial charge on any atom is 0.306 e. The van der Waals surface area contributed by atoms with E-state index in [1.807, 2.05) is 58.0 Å². The number of esters is 1. The molecule has 0 saturated carbocycles. The number of ether oxygens (including phenoxy) is 1. The van der Waals surface area contributed by atoms with Gasteiger partial charge in [-0.1, -0.05) is 71.4 Å². The highest BCUT2D eigenvalue weighted by Crippen LogP contribution is 2.31. The Morgan fingerprint density at radius 3 is 2.29 bits per heavy atom. The smallest absolute Gasteiger partial charge is 0.306 e. The van der Waals surface area contributed by atoms with E-state index in [1.165, 1.54) is 18.3 Å². The van der Waals surface area contributed by atoms with Crippen LogP contribution in [0.1, 0.15) is 88.0 Å². The molecule has 42 heavy (non-hydrogen) atoms. The lowest BCUT2D eigenvalue weighted by molar-refractivity contribution is -0.148. The van der Waals surface area contributed by atoms with Gasteiger partial charge in [0, 0.05) is 37.9 Å². The van der Waals surface area contributed by atoms with Gasteiger partial charge < -0.3 is 25.8 Å². The van der Waals surface area contributed by atoms with Crippen molar-refractivity contribution in [3.63, 3.8) is 0 Å². The Kier molecular flexibility index (Phi) is 13.6. The Hall–Kier alpha value is -3.31. The van der Waals surface area contributed by atoms with Crippen molar-refractivity contribution in [3.8, 4) is 0 Å². The molecule has 6 atom stereocenters. The average molecular weight is 603 g/mol. The van der Waals surface area contributed by atoms with Gasteiger partial charge in [0.1, 0.15) is 10.7 Å². The van der Waals surface area contributed by atoms with Crippen LogP contribution in [0.15, 0.2) is 35.7 Å². The summed E-state index contributed by atoms with van der Waals surface area (Å²) in [5, 5.41) is 14.4. The van der Waals surface area contributed by atoms with Crippen LogP contribution in [-0.2, 0) is 25.5 Å². The summed E-state index contributed by atoms with van der Waals surface area (Å²) < 4.78 is 5.65. The Balaban J connectivity index is 2.26. The molecule has 4 N–H and O–H groups in total. The molecular weight excluding hydrogens is 556 g/mol. The molecular formula is C31H46N4O6S. The summed E-state index contributed by atoms with van der Waals surface area (Å²) >= 11 is 1.20. The summed E-state index contributed by atoms with van der Waals surface area (Å²) in [6.45, 7) is 10.8. The SMILES string of the molecule is CC[C@H](C)[C@H](N)C(=O)N(C)[C@@H](C[C@H](OC(C)=O)c1nc(C(=O)N[C@@H](Cc2ccccc2)C[C@H](C)C(=O)O)cs1)C(C)C. The van der Waals surface area contributed by atoms with Gasteiger partial charge in [-0.25, -0.2) is 4.98 Å². The number of amides is 2. The fourth-order valence-electron chi connectivity index (χ4n) is 4.81. The topological polar surface area (TPSA) is 152 Å². The first kappa shape index (κ1) is 34.9. The largest absolute Gasteiger partial charge is 0.481 e. The first-order valence-electron chi connectivity index (χ1n) is 14.5. The number of hydrogen-bond donors (Lipinski definition) is 3. The van der Waals surface area contributed by atoms with Crippen LogP contribution in [0, 0.1) is 17.8 Å². The number of carbonyl (C=O) groups excluding carboxylic acids is 3. The molecule has 0 aliphatic rings. The third-order valence-corrected chi connectivity index (χ3v) is 8.61. The van der Waals surface area contributed by atoms with Crippen molar-refractivity contribution >= 4 is 35.1 Å². The van der Waals surface area contributed by atoms with E-state index in [2.05, 4.69) is 10.3 Å². The summed E-state index contributed by atoms with van der Waals surface area (Å²) in [4.78, 5) is 56.2. The molecule has 0 spiro atoms. The minimum atomic E-state index is -0.934. The van der Waals surface area contributed by atoms with Crippen LogP contribution in [-0.4, -0.2) is 63.9 Å². The number of carboxylic acid groups (broad SMARTS) is 1. The zero-order valence-electron chi connectivity index (χ0n) is 25.7. The Morgan fingerprint density at radius 1 is 1.10 bits per heavy atom. The van der Waals surface area contributed by atoms with Gasteiger partial charge in [0.25, 0.3) is 5.91 Å². The van der Waals surface area contributed by atoms with Crippen molar-refractivity contribution in [1.29, 1.82) is 0 Å². The number of carbonyl (C=O) groups is 4. The normalized spacial score (nSPS) is 15.6. The summed E-state index contributed by atoms with van der Waals surface area (Å²) in [5.41, 5.74) is 7.36. The van der Waals surface area contributed by atoms with Crippen molar-refractivity contribution in [3.05, 3.63) is 52.0 Å². The highest BCUT2D eigenvalue weighted by atomic mass is 32.1. The zero-order chi connectivity index (χ0) is 31.6. The first-order valence-corrected chi connectivity index (χ1v) is 15.3. The van der Waals surface area contributed by atoms with Gasteiger partial charge >= 0.3 is 11.9 Å². The number of hydrogen-bond acceptors (Lipinski definition) is 8. The van der Waals surface area contributed by atoms with Crippen LogP contribution in [0.3, 0.4) is 0 Å². The Bertz CT molecular complexity index is 1190. The number of thiazole rings is 1. The van der Waals surface area contributed by atoms with E-state index in [4.69, 9.17) is 10.5 Å². The van der Waals surface area contributed by atoms with Gasteiger partial charge in [-0.2, -0.15) is 0 Å². The van der Waals surface area contributed by atoms with Crippen LogP contribution < -0.4 is 11.1 Å². The summed E-state index contributed by atoms with van der Waals surface area (Å²) in [6, 6.07) is 8.16. The van der Waals surface area contributed by atoms with Gasteiger partial charge in [0.2, 0.25) is 5.91 Å². The van der Waals surface area contributed by atoms with Gasteiger partial charge in [-0.3, -0.25) is 19.2 Å². The molecule has 2 rings (SSSR count). The van der Waals surface area contributed by atoms with Crippen LogP contribution in [0.4, 0.5) is 0 Å². The van der Waals surface area contributed by atoms with Crippen molar-refractivity contribution < 1.29 is 29.0 Å². The highest BCUT2D eigenvalue weighted by Gasteiger charge is 2.33. The van der Waals surface area contributed by atoms with Crippen LogP contribution >= 0.6 is 11.3 Å². The molecule has 1 aromatic carbocycles.